The van der Waals surface area contributed by atoms with Crippen LogP contribution in [-0.2, 0) is 14.8 Å². The number of carbonyl (C=O) groups is 1. The maximum Gasteiger partial charge on any atom is 0.250 e. The Labute approximate surface area is 167 Å². The molecule has 6 nitrogen and oxygen atoms in total. The summed E-state index contributed by atoms with van der Waals surface area (Å²) in [7, 11) is -3.57. The summed E-state index contributed by atoms with van der Waals surface area (Å²) in [5.41, 5.74) is 0.817. The zero-order chi connectivity index (χ0) is 19.0. The van der Waals surface area contributed by atoms with Crippen LogP contribution in [0.2, 0.25) is 0 Å². The van der Waals surface area contributed by atoms with Gasteiger partial charge in [0.25, 0.3) is 0 Å². The van der Waals surface area contributed by atoms with Crippen molar-refractivity contribution in [3.8, 4) is 10.6 Å². The first kappa shape index (κ1) is 19.0. The van der Waals surface area contributed by atoms with E-state index >= 15 is 0 Å². The van der Waals surface area contributed by atoms with E-state index in [1.54, 1.807) is 23.5 Å². The number of hydrogen-bond acceptors (Lipinski definition) is 6. The monoisotopic (exact) mass is 425 g/mol. The summed E-state index contributed by atoms with van der Waals surface area (Å²) >= 11 is 2.77. The van der Waals surface area contributed by atoms with Crippen LogP contribution in [0.3, 0.4) is 0 Å². The van der Waals surface area contributed by atoms with Gasteiger partial charge in [0.1, 0.15) is 4.21 Å². The van der Waals surface area contributed by atoms with Gasteiger partial charge in [-0.2, -0.15) is 0 Å². The van der Waals surface area contributed by atoms with Crippen molar-refractivity contribution in [2.75, 3.05) is 13.1 Å². The second-order valence-corrected chi connectivity index (χ2v) is 11.4. The Morgan fingerprint density at radius 1 is 1.30 bits per heavy atom. The van der Waals surface area contributed by atoms with Crippen LogP contribution in [0.4, 0.5) is 0 Å². The normalized spacial score (nSPS) is 21.4. The third kappa shape index (κ3) is 4.11. The number of hydrogen-bond donors (Lipinski definition) is 1. The van der Waals surface area contributed by atoms with E-state index in [9.17, 15) is 13.2 Å². The average Bonchev–Trinajstić information content (AvgIpc) is 3.40. The molecule has 0 radical (unpaired) electrons. The molecule has 0 bridgehead atoms. The van der Waals surface area contributed by atoms with Gasteiger partial charge >= 0.3 is 0 Å². The molecule has 1 saturated carbocycles. The number of carbonyl (C=O) groups excluding carboxylic acids is 1. The van der Waals surface area contributed by atoms with E-state index in [1.807, 2.05) is 17.2 Å². The van der Waals surface area contributed by atoms with Crippen LogP contribution in [0, 0.1) is 12.8 Å². The Kier molecular flexibility index (Phi) is 5.37. The Balaban J connectivity index is 1.38. The maximum absolute atomic E-state index is 12.6. The smallest absolute Gasteiger partial charge is 0.250 e. The fourth-order valence-corrected chi connectivity index (χ4v) is 7.01. The molecule has 0 unspecified atom stereocenters. The number of thiophene rings is 1. The molecule has 27 heavy (non-hydrogen) atoms. The quantitative estimate of drug-likeness (QED) is 0.770. The standard InChI is InChI=1S/C18H23N3O3S3/c1-12-20-15(11-25-12)16-6-7-18(26-16)27(23,24)19-9-13-8-17(22)21(10-13)14-4-2-3-5-14/h6-7,11,13-14,19H,2-5,8-10H2,1H3/t13-/m1/s1. The largest absolute Gasteiger partial charge is 0.339 e. The molecule has 2 aliphatic rings. The van der Waals surface area contributed by atoms with Crippen LogP contribution in [-0.4, -0.2) is 43.3 Å². The highest BCUT2D eigenvalue weighted by Gasteiger charge is 2.35. The summed E-state index contributed by atoms with van der Waals surface area (Å²) in [6.45, 7) is 2.90. The van der Waals surface area contributed by atoms with Crippen molar-refractivity contribution >= 4 is 38.6 Å². The molecule has 1 N–H and O–H groups in total. The Hall–Kier alpha value is -1.29. The van der Waals surface area contributed by atoms with Crippen LogP contribution >= 0.6 is 22.7 Å². The van der Waals surface area contributed by atoms with E-state index in [0.717, 1.165) is 28.4 Å². The van der Waals surface area contributed by atoms with Crippen LogP contribution in [0.15, 0.2) is 21.7 Å². The Bertz CT molecular complexity index is 929. The van der Waals surface area contributed by atoms with Crippen molar-refractivity contribution < 1.29 is 13.2 Å². The molecule has 1 atom stereocenters. The summed E-state index contributed by atoms with van der Waals surface area (Å²) in [5.74, 6) is 0.219. The molecule has 2 aromatic rings. The van der Waals surface area contributed by atoms with Crippen molar-refractivity contribution in [2.45, 2.75) is 49.3 Å². The van der Waals surface area contributed by atoms with Crippen LogP contribution < -0.4 is 4.72 Å². The lowest BCUT2D eigenvalue weighted by atomic mass is 10.1. The fraction of sp³-hybridized carbons (Fsp3) is 0.556. The highest BCUT2D eigenvalue weighted by Crippen LogP contribution is 2.32. The molecular formula is C18H23N3O3S3. The second kappa shape index (κ2) is 7.62. The summed E-state index contributed by atoms with van der Waals surface area (Å²) in [6.07, 6.45) is 4.97. The van der Waals surface area contributed by atoms with Gasteiger partial charge in [-0.15, -0.1) is 22.7 Å². The van der Waals surface area contributed by atoms with E-state index < -0.39 is 10.0 Å². The van der Waals surface area contributed by atoms with Crippen LogP contribution in [0.1, 0.15) is 37.1 Å². The van der Waals surface area contributed by atoms with Gasteiger partial charge in [0.2, 0.25) is 15.9 Å². The van der Waals surface area contributed by atoms with E-state index in [1.165, 1.54) is 24.2 Å². The number of sulfonamides is 1. The number of amides is 1. The van der Waals surface area contributed by atoms with Gasteiger partial charge in [-0.1, -0.05) is 12.8 Å². The Morgan fingerprint density at radius 2 is 2.07 bits per heavy atom. The Morgan fingerprint density at radius 3 is 2.78 bits per heavy atom. The lowest BCUT2D eigenvalue weighted by Crippen LogP contribution is -2.35. The van der Waals surface area contributed by atoms with Crippen molar-refractivity contribution in [3.05, 3.63) is 22.5 Å². The molecular weight excluding hydrogens is 402 g/mol. The molecule has 4 rings (SSSR count). The number of rotatable bonds is 6. The van der Waals surface area contributed by atoms with E-state index in [-0.39, 0.29) is 11.8 Å². The minimum Gasteiger partial charge on any atom is -0.339 e. The zero-order valence-electron chi connectivity index (χ0n) is 15.2. The highest BCUT2D eigenvalue weighted by atomic mass is 32.2. The van der Waals surface area contributed by atoms with Crippen molar-refractivity contribution in [3.63, 3.8) is 0 Å². The third-order valence-corrected chi connectivity index (χ3v) is 9.08. The minimum absolute atomic E-state index is 0.0495. The first-order chi connectivity index (χ1) is 12.9. The molecule has 2 aromatic heterocycles. The second-order valence-electron chi connectivity index (χ2n) is 7.28. The first-order valence-corrected chi connectivity index (χ1v) is 12.4. The number of aromatic nitrogens is 1. The summed E-state index contributed by atoms with van der Waals surface area (Å²) in [5, 5.41) is 2.89. The predicted octanol–water partition coefficient (Wildman–Crippen LogP) is 3.25. The number of likely N-dealkylation sites (tertiary alicyclic amines) is 1. The number of thiazole rings is 1. The van der Waals surface area contributed by atoms with Gasteiger partial charge in [0.05, 0.1) is 15.6 Å². The van der Waals surface area contributed by atoms with Gasteiger partial charge in [-0.3, -0.25) is 4.79 Å². The van der Waals surface area contributed by atoms with Crippen molar-refractivity contribution in [2.24, 2.45) is 5.92 Å². The molecule has 0 spiro atoms. The topological polar surface area (TPSA) is 79.4 Å². The minimum atomic E-state index is -3.57. The summed E-state index contributed by atoms with van der Waals surface area (Å²) < 4.78 is 28.3. The van der Waals surface area contributed by atoms with Gasteiger partial charge in [-0.25, -0.2) is 18.1 Å². The number of nitrogens with zero attached hydrogens (tertiary/aromatic N) is 2. The molecule has 1 aliphatic heterocycles. The molecule has 2 fully saturated rings. The number of aryl methyl sites for hydroxylation is 1. The van der Waals surface area contributed by atoms with Crippen LogP contribution in [0.5, 0.6) is 0 Å². The molecule has 9 heteroatoms. The maximum atomic E-state index is 12.6. The number of nitrogens with one attached hydrogen (secondary N) is 1. The molecule has 1 amide bonds. The van der Waals surface area contributed by atoms with Gasteiger partial charge < -0.3 is 4.90 Å². The van der Waals surface area contributed by atoms with Crippen molar-refractivity contribution in [1.82, 2.24) is 14.6 Å². The molecule has 3 heterocycles. The summed E-state index contributed by atoms with van der Waals surface area (Å²) in [6, 6.07) is 3.79. The van der Waals surface area contributed by atoms with E-state index in [2.05, 4.69) is 9.71 Å². The fourth-order valence-electron chi connectivity index (χ4n) is 3.89. The van der Waals surface area contributed by atoms with Gasteiger partial charge in [0.15, 0.2) is 0 Å². The average molecular weight is 426 g/mol. The van der Waals surface area contributed by atoms with E-state index in [4.69, 9.17) is 0 Å². The highest BCUT2D eigenvalue weighted by molar-refractivity contribution is 7.91. The summed E-state index contributed by atoms with van der Waals surface area (Å²) in [4.78, 5) is 19.5. The van der Waals surface area contributed by atoms with Gasteiger partial charge in [-0.05, 0) is 37.8 Å². The van der Waals surface area contributed by atoms with Crippen molar-refractivity contribution in [1.29, 1.82) is 0 Å². The first-order valence-electron chi connectivity index (χ1n) is 9.24. The van der Waals surface area contributed by atoms with Gasteiger partial charge in [0, 0.05) is 30.9 Å². The predicted molar refractivity (Wildman–Crippen MR) is 107 cm³/mol. The molecule has 0 aromatic carbocycles. The molecule has 1 aliphatic carbocycles. The lowest BCUT2D eigenvalue weighted by molar-refractivity contribution is -0.129. The van der Waals surface area contributed by atoms with Crippen LogP contribution in [0.25, 0.3) is 10.6 Å². The SMILES string of the molecule is Cc1nc(-c2ccc(S(=O)(=O)NC[C@H]3CC(=O)N(C4CCCC4)C3)s2)cs1. The lowest BCUT2D eigenvalue weighted by Gasteiger charge is -2.24. The molecule has 1 saturated heterocycles. The van der Waals surface area contributed by atoms with E-state index in [0.29, 0.717) is 29.8 Å². The third-order valence-electron chi connectivity index (χ3n) is 5.28. The molecule has 146 valence electrons. The zero-order valence-corrected chi connectivity index (χ0v) is 17.6.